The molecule has 34 heavy (non-hydrogen) atoms. The molecule has 3 heterocycles. The van der Waals surface area contributed by atoms with Gasteiger partial charge in [0.25, 0.3) is 0 Å². The fourth-order valence-corrected chi connectivity index (χ4v) is 5.31. The smallest absolute Gasteiger partial charge is 0.174 e. The van der Waals surface area contributed by atoms with Crippen molar-refractivity contribution in [3.05, 3.63) is 107 Å². The van der Waals surface area contributed by atoms with E-state index in [0.717, 1.165) is 17.1 Å². The van der Waals surface area contributed by atoms with Gasteiger partial charge in [-0.3, -0.25) is 4.98 Å². The van der Waals surface area contributed by atoms with Gasteiger partial charge < -0.3 is 19.5 Å². The Morgan fingerprint density at radius 2 is 1.68 bits per heavy atom. The summed E-state index contributed by atoms with van der Waals surface area (Å²) in [4.78, 5) is 6.89. The summed E-state index contributed by atoms with van der Waals surface area (Å²) < 4.78 is 7.72. The predicted molar refractivity (Wildman–Crippen MR) is 141 cm³/mol. The lowest BCUT2D eigenvalue weighted by Crippen LogP contribution is -2.29. The van der Waals surface area contributed by atoms with Gasteiger partial charge in [-0.25, -0.2) is 0 Å². The van der Waals surface area contributed by atoms with Crippen LogP contribution in [0.2, 0.25) is 0 Å². The molecular weight excluding hydrogens is 440 g/mol. The SMILES string of the molecule is COc1ccc(N2C(=S)N[C@@H](c3ccccn3)[C@H]2c2cc(C)n(-c3ccccc3C)c2C)cc1. The second kappa shape index (κ2) is 8.95. The summed E-state index contributed by atoms with van der Waals surface area (Å²) in [5, 5.41) is 4.24. The third kappa shape index (κ3) is 3.74. The quantitative estimate of drug-likeness (QED) is 0.365. The van der Waals surface area contributed by atoms with E-state index >= 15 is 0 Å². The number of aryl methyl sites for hydroxylation is 2. The second-order valence-electron chi connectivity index (χ2n) is 8.64. The van der Waals surface area contributed by atoms with Gasteiger partial charge in [0.1, 0.15) is 5.75 Å². The summed E-state index contributed by atoms with van der Waals surface area (Å²) in [5.74, 6) is 0.817. The molecule has 0 aliphatic carbocycles. The number of hydrogen-bond acceptors (Lipinski definition) is 3. The summed E-state index contributed by atoms with van der Waals surface area (Å²) in [6.07, 6.45) is 1.84. The van der Waals surface area contributed by atoms with Crippen LogP contribution in [0, 0.1) is 20.8 Å². The van der Waals surface area contributed by atoms with Gasteiger partial charge >= 0.3 is 0 Å². The molecule has 6 heteroatoms. The van der Waals surface area contributed by atoms with Gasteiger partial charge in [-0.15, -0.1) is 0 Å². The van der Waals surface area contributed by atoms with Crippen molar-refractivity contribution in [2.75, 3.05) is 12.0 Å². The van der Waals surface area contributed by atoms with Crippen LogP contribution in [0.15, 0.2) is 79.0 Å². The normalized spacial score (nSPS) is 17.6. The third-order valence-corrected chi connectivity index (χ3v) is 6.91. The second-order valence-corrected chi connectivity index (χ2v) is 9.03. The maximum atomic E-state index is 5.88. The molecule has 1 saturated heterocycles. The Hall–Kier alpha value is -3.64. The van der Waals surface area contributed by atoms with E-state index < -0.39 is 0 Å². The zero-order chi connectivity index (χ0) is 23.8. The van der Waals surface area contributed by atoms with Crippen LogP contribution < -0.4 is 15.0 Å². The number of pyridine rings is 1. The van der Waals surface area contributed by atoms with Crippen molar-refractivity contribution in [1.29, 1.82) is 0 Å². The molecule has 0 spiro atoms. The van der Waals surface area contributed by atoms with Crippen molar-refractivity contribution in [3.8, 4) is 11.4 Å². The van der Waals surface area contributed by atoms with Crippen LogP contribution in [-0.2, 0) is 0 Å². The Kier molecular flexibility index (Phi) is 5.84. The molecule has 2 atom stereocenters. The molecular formula is C28H28N4OS. The molecule has 4 aromatic rings. The van der Waals surface area contributed by atoms with Gasteiger partial charge in [0, 0.05) is 29.0 Å². The van der Waals surface area contributed by atoms with Crippen LogP contribution in [-0.4, -0.2) is 21.8 Å². The van der Waals surface area contributed by atoms with E-state index in [9.17, 15) is 0 Å². The minimum atomic E-state index is -0.0818. The van der Waals surface area contributed by atoms with Gasteiger partial charge in [0.2, 0.25) is 0 Å². The molecule has 1 aliphatic rings. The van der Waals surface area contributed by atoms with Crippen LogP contribution >= 0.6 is 12.2 Å². The van der Waals surface area contributed by atoms with Gasteiger partial charge in [0.15, 0.2) is 5.11 Å². The van der Waals surface area contributed by atoms with Crippen molar-refractivity contribution >= 4 is 23.0 Å². The first-order chi connectivity index (χ1) is 16.5. The summed E-state index contributed by atoms with van der Waals surface area (Å²) in [6.45, 7) is 6.51. The number of ether oxygens (including phenoxy) is 1. The highest BCUT2D eigenvalue weighted by atomic mass is 32.1. The molecule has 5 rings (SSSR count). The van der Waals surface area contributed by atoms with Crippen molar-refractivity contribution < 1.29 is 4.74 Å². The maximum absolute atomic E-state index is 5.88. The fourth-order valence-electron chi connectivity index (χ4n) is 4.96. The number of thiocarbonyl (C=S) groups is 1. The highest BCUT2D eigenvalue weighted by molar-refractivity contribution is 7.80. The zero-order valence-electron chi connectivity index (χ0n) is 19.8. The molecule has 1 N–H and O–H groups in total. The Morgan fingerprint density at radius 3 is 2.35 bits per heavy atom. The largest absolute Gasteiger partial charge is 0.497 e. The van der Waals surface area contributed by atoms with Gasteiger partial charge in [-0.2, -0.15) is 0 Å². The maximum Gasteiger partial charge on any atom is 0.174 e. The van der Waals surface area contributed by atoms with E-state index in [2.05, 4.69) is 89.1 Å². The average molecular weight is 469 g/mol. The summed E-state index contributed by atoms with van der Waals surface area (Å²) in [5.41, 5.74) is 8.03. The number of methoxy groups -OCH3 is 1. The molecule has 0 saturated carbocycles. The molecule has 5 nitrogen and oxygen atoms in total. The lowest BCUT2D eigenvalue weighted by molar-refractivity contribution is 0.415. The first kappa shape index (κ1) is 22.2. The van der Waals surface area contributed by atoms with Crippen LogP contribution in [0.1, 0.15) is 40.3 Å². The fraction of sp³-hybridized carbons (Fsp3) is 0.214. The van der Waals surface area contributed by atoms with Crippen LogP contribution in [0.4, 0.5) is 5.69 Å². The van der Waals surface area contributed by atoms with E-state index in [1.807, 2.05) is 30.5 Å². The number of aromatic nitrogens is 2. The number of nitrogens with one attached hydrogen (secondary N) is 1. The standard InChI is InChI=1S/C28H28N4OS/c1-18-9-5-6-11-25(18)31-19(2)17-23(20(31)3)27-26(24-10-7-8-16-29-24)30-28(34)32(27)21-12-14-22(33-4)15-13-21/h5-17,26-27H,1-4H3,(H,30,34)/t26-,27+/m0/s1. The monoisotopic (exact) mass is 468 g/mol. The minimum absolute atomic E-state index is 0.0558. The lowest BCUT2D eigenvalue weighted by Gasteiger charge is -2.28. The summed E-state index contributed by atoms with van der Waals surface area (Å²) in [7, 11) is 1.68. The van der Waals surface area contributed by atoms with Crippen LogP contribution in [0.3, 0.4) is 0 Å². The van der Waals surface area contributed by atoms with Crippen LogP contribution in [0.25, 0.3) is 5.69 Å². The lowest BCUT2D eigenvalue weighted by atomic mass is 9.96. The molecule has 0 radical (unpaired) electrons. The topological polar surface area (TPSA) is 42.3 Å². The number of para-hydroxylation sites is 1. The molecule has 0 unspecified atom stereocenters. The summed E-state index contributed by atoms with van der Waals surface area (Å²) >= 11 is 5.88. The number of benzene rings is 2. The van der Waals surface area contributed by atoms with Crippen molar-refractivity contribution in [1.82, 2.24) is 14.9 Å². The number of anilines is 1. The van der Waals surface area contributed by atoms with Crippen molar-refractivity contribution in [3.63, 3.8) is 0 Å². The predicted octanol–water partition coefficient (Wildman–Crippen LogP) is 5.98. The highest BCUT2D eigenvalue weighted by Crippen LogP contribution is 2.44. The zero-order valence-corrected chi connectivity index (χ0v) is 20.6. The minimum Gasteiger partial charge on any atom is -0.497 e. The molecule has 0 bridgehead atoms. The van der Waals surface area contributed by atoms with E-state index in [1.165, 1.54) is 28.2 Å². The molecule has 1 aliphatic heterocycles. The third-order valence-electron chi connectivity index (χ3n) is 6.59. The molecule has 2 aromatic carbocycles. The average Bonchev–Trinajstić information content (AvgIpc) is 3.35. The molecule has 2 aromatic heterocycles. The number of rotatable bonds is 5. The van der Waals surface area contributed by atoms with E-state index in [4.69, 9.17) is 17.0 Å². The molecule has 0 amide bonds. The van der Waals surface area contributed by atoms with Crippen LogP contribution in [0.5, 0.6) is 5.75 Å². The first-order valence-electron chi connectivity index (χ1n) is 11.4. The molecule has 172 valence electrons. The molecule has 1 fully saturated rings. The summed E-state index contributed by atoms with van der Waals surface area (Å²) in [6, 6.07) is 24.7. The van der Waals surface area contributed by atoms with E-state index in [1.54, 1.807) is 7.11 Å². The Balaban J connectivity index is 1.68. The Labute approximate surface area is 206 Å². The Bertz CT molecular complexity index is 1330. The van der Waals surface area contributed by atoms with E-state index in [0.29, 0.717) is 5.11 Å². The number of nitrogens with zero attached hydrogens (tertiary/aromatic N) is 3. The van der Waals surface area contributed by atoms with Gasteiger partial charge in [-0.1, -0.05) is 24.3 Å². The first-order valence-corrected chi connectivity index (χ1v) is 11.8. The van der Waals surface area contributed by atoms with Gasteiger partial charge in [0.05, 0.1) is 24.9 Å². The Morgan fingerprint density at radius 1 is 0.941 bits per heavy atom. The van der Waals surface area contributed by atoms with Gasteiger partial charge in [-0.05, 0) is 92.6 Å². The number of hydrogen-bond donors (Lipinski definition) is 1. The van der Waals surface area contributed by atoms with Crippen molar-refractivity contribution in [2.45, 2.75) is 32.9 Å². The van der Waals surface area contributed by atoms with E-state index in [-0.39, 0.29) is 12.1 Å². The highest BCUT2D eigenvalue weighted by Gasteiger charge is 2.42. The van der Waals surface area contributed by atoms with Crippen molar-refractivity contribution in [2.24, 2.45) is 0 Å².